The predicted molar refractivity (Wildman–Crippen MR) is 37.2 cm³/mol. The number of ketones is 1. The lowest BCUT2D eigenvalue weighted by atomic mass is 9.91. The Morgan fingerprint density at radius 1 is 1.67 bits per heavy atom. The topological polar surface area (TPSA) is 17.1 Å². The molecule has 0 fully saturated rings. The maximum absolute atomic E-state index is 11.0. The van der Waals surface area contributed by atoms with E-state index in [2.05, 4.69) is 13.0 Å². The van der Waals surface area contributed by atoms with E-state index in [1.54, 1.807) is 0 Å². The number of hydrogen-bond acceptors (Lipinski definition) is 1. The summed E-state index contributed by atoms with van der Waals surface area (Å²) in [6.07, 6.45) is 6.71. The summed E-state index contributed by atoms with van der Waals surface area (Å²) in [4.78, 5) is 11.0. The molecule has 0 saturated heterocycles. The van der Waals surface area contributed by atoms with Crippen LogP contribution in [0.4, 0.5) is 0 Å². The van der Waals surface area contributed by atoms with Gasteiger partial charge in [-0.25, -0.2) is 0 Å². The highest BCUT2D eigenvalue weighted by Gasteiger charge is 2.15. The van der Waals surface area contributed by atoms with Gasteiger partial charge < -0.3 is 0 Å². The second kappa shape index (κ2) is 2.81. The molecule has 0 aromatic rings. The summed E-state index contributed by atoms with van der Waals surface area (Å²) in [5, 5.41) is 0. The van der Waals surface area contributed by atoms with Crippen LogP contribution >= 0.6 is 0 Å². The van der Waals surface area contributed by atoms with E-state index in [1.165, 1.54) is 0 Å². The lowest BCUT2D eigenvalue weighted by Crippen LogP contribution is -2.14. The first-order chi connectivity index (χ1) is 4.34. The Labute approximate surface area is 55.8 Å². The van der Waals surface area contributed by atoms with E-state index in [0.29, 0.717) is 18.1 Å². The molecular formula is C8H12O. The summed E-state index contributed by atoms with van der Waals surface area (Å²) < 4.78 is 0. The van der Waals surface area contributed by atoms with Gasteiger partial charge in [0.25, 0.3) is 0 Å². The molecule has 1 heteroatoms. The second-order valence-electron chi connectivity index (χ2n) is 2.48. The molecule has 0 radical (unpaired) electrons. The SMILES string of the molecule is CCC1CC=CCC1=O. The third-order valence-corrected chi connectivity index (χ3v) is 1.85. The van der Waals surface area contributed by atoms with Crippen LogP contribution in [0.1, 0.15) is 26.2 Å². The van der Waals surface area contributed by atoms with E-state index in [0.717, 1.165) is 12.8 Å². The van der Waals surface area contributed by atoms with E-state index in [4.69, 9.17) is 0 Å². The van der Waals surface area contributed by atoms with E-state index >= 15 is 0 Å². The Kier molecular flexibility index (Phi) is 2.04. The van der Waals surface area contributed by atoms with Crippen LogP contribution in [-0.4, -0.2) is 5.78 Å². The zero-order valence-electron chi connectivity index (χ0n) is 5.76. The first-order valence-electron chi connectivity index (χ1n) is 3.52. The van der Waals surface area contributed by atoms with Gasteiger partial charge in [0.05, 0.1) is 0 Å². The molecule has 1 nitrogen and oxygen atoms in total. The van der Waals surface area contributed by atoms with Crippen molar-refractivity contribution in [3.8, 4) is 0 Å². The van der Waals surface area contributed by atoms with Crippen molar-refractivity contribution in [2.45, 2.75) is 26.2 Å². The van der Waals surface area contributed by atoms with Crippen molar-refractivity contribution in [3.05, 3.63) is 12.2 Å². The average molecular weight is 124 g/mol. The van der Waals surface area contributed by atoms with Crippen molar-refractivity contribution in [1.82, 2.24) is 0 Å². The maximum atomic E-state index is 11.0. The molecule has 1 aliphatic rings. The fourth-order valence-electron chi connectivity index (χ4n) is 1.15. The minimum Gasteiger partial charge on any atom is -0.299 e. The molecule has 0 heterocycles. The number of allylic oxidation sites excluding steroid dienone is 2. The average Bonchev–Trinajstić information content (AvgIpc) is 1.89. The molecule has 0 aliphatic heterocycles. The molecule has 1 aliphatic carbocycles. The van der Waals surface area contributed by atoms with Gasteiger partial charge in [0.1, 0.15) is 5.78 Å². The van der Waals surface area contributed by atoms with Crippen molar-refractivity contribution < 1.29 is 4.79 Å². The number of carbonyl (C=O) groups is 1. The van der Waals surface area contributed by atoms with Gasteiger partial charge in [-0.3, -0.25) is 4.79 Å². The number of rotatable bonds is 1. The van der Waals surface area contributed by atoms with Crippen molar-refractivity contribution in [2.75, 3.05) is 0 Å². The number of hydrogen-bond donors (Lipinski definition) is 0. The summed E-state index contributed by atoms with van der Waals surface area (Å²) in [6.45, 7) is 2.07. The van der Waals surface area contributed by atoms with Gasteiger partial charge in [0, 0.05) is 12.3 Å². The van der Waals surface area contributed by atoms with Crippen LogP contribution in [0.3, 0.4) is 0 Å². The van der Waals surface area contributed by atoms with E-state index in [1.807, 2.05) is 6.08 Å². The van der Waals surface area contributed by atoms with E-state index in [-0.39, 0.29) is 0 Å². The van der Waals surface area contributed by atoms with Gasteiger partial charge >= 0.3 is 0 Å². The fraction of sp³-hybridized carbons (Fsp3) is 0.625. The largest absolute Gasteiger partial charge is 0.299 e. The Morgan fingerprint density at radius 3 is 2.89 bits per heavy atom. The van der Waals surface area contributed by atoms with Gasteiger partial charge in [-0.1, -0.05) is 19.1 Å². The quantitative estimate of drug-likeness (QED) is 0.488. The molecule has 1 rings (SSSR count). The highest BCUT2D eigenvalue weighted by molar-refractivity contribution is 5.83. The minimum absolute atomic E-state index is 0.329. The molecule has 0 saturated carbocycles. The standard InChI is InChI=1S/C8H12O/c1-2-7-5-3-4-6-8(7)9/h3-4,7H,2,5-6H2,1H3. The monoisotopic (exact) mass is 124 g/mol. The molecule has 0 amide bonds. The minimum atomic E-state index is 0.329. The van der Waals surface area contributed by atoms with Crippen LogP contribution < -0.4 is 0 Å². The molecule has 1 atom stereocenters. The highest BCUT2D eigenvalue weighted by atomic mass is 16.1. The summed E-state index contributed by atoms with van der Waals surface area (Å²) >= 11 is 0. The van der Waals surface area contributed by atoms with Gasteiger partial charge in [-0.2, -0.15) is 0 Å². The lowest BCUT2D eigenvalue weighted by Gasteiger charge is -2.12. The van der Waals surface area contributed by atoms with Crippen molar-refractivity contribution in [3.63, 3.8) is 0 Å². The van der Waals surface area contributed by atoms with Gasteiger partial charge in [-0.15, -0.1) is 0 Å². The molecule has 0 bridgehead atoms. The zero-order valence-corrected chi connectivity index (χ0v) is 5.76. The highest BCUT2D eigenvalue weighted by Crippen LogP contribution is 2.16. The molecule has 0 aromatic heterocycles. The van der Waals surface area contributed by atoms with E-state index < -0.39 is 0 Å². The molecule has 0 aromatic carbocycles. The predicted octanol–water partition coefficient (Wildman–Crippen LogP) is 1.93. The maximum Gasteiger partial charge on any atom is 0.140 e. The third kappa shape index (κ3) is 1.41. The van der Waals surface area contributed by atoms with Crippen LogP contribution in [0.15, 0.2) is 12.2 Å². The summed E-state index contributed by atoms with van der Waals surface area (Å²) in [6, 6.07) is 0. The van der Waals surface area contributed by atoms with Crippen LogP contribution in [0.5, 0.6) is 0 Å². The summed E-state index contributed by atoms with van der Waals surface area (Å²) in [5.74, 6) is 0.745. The molecular weight excluding hydrogens is 112 g/mol. The fourth-order valence-corrected chi connectivity index (χ4v) is 1.15. The van der Waals surface area contributed by atoms with Crippen LogP contribution in [-0.2, 0) is 4.79 Å². The lowest BCUT2D eigenvalue weighted by molar-refractivity contribution is -0.122. The molecule has 0 spiro atoms. The van der Waals surface area contributed by atoms with Gasteiger partial charge in [0.15, 0.2) is 0 Å². The molecule has 0 N–H and O–H groups in total. The summed E-state index contributed by atoms with van der Waals surface area (Å²) in [7, 11) is 0. The van der Waals surface area contributed by atoms with Crippen molar-refractivity contribution in [1.29, 1.82) is 0 Å². The molecule has 50 valence electrons. The normalized spacial score (nSPS) is 26.8. The van der Waals surface area contributed by atoms with Crippen LogP contribution in [0.25, 0.3) is 0 Å². The van der Waals surface area contributed by atoms with Gasteiger partial charge in [0.2, 0.25) is 0 Å². The van der Waals surface area contributed by atoms with Gasteiger partial charge in [-0.05, 0) is 12.8 Å². The second-order valence-corrected chi connectivity index (χ2v) is 2.48. The summed E-state index contributed by atoms with van der Waals surface area (Å²) in [5.41, 5.74) is 0. The Balaban J connectivity index is 2.53. The smallest absolute Gasteiger partial charge is 0.140 e. The molecule has 1 unspecified atom stereocenters. The Bertz CT molecular complexity index is 136. The van der Waals surface area contributed by atoms with Crippen LogP contribution in [0, 0.1) is 5.92 Å². The van der Waals surface area contributed by atoms with E-state index in [9.17, 15) is 4.79 Å². The van der Waals surface area contributed by atoms with Crippen molar-refractivity contribution in [2.24, 2.45) is 5.92 Å². The third-order valence-electron chi connectivity index (χ3n) is 1.85. The Morgan fingerprint density at radius 2 is 2.44 bits per heavy atom. The Hall–Kier alpha value is -0.590. The molecule has 9 heavy (non-hydrogen) atoms. The van der Waals surface area contributed by atoms with Crippen molar-refractivity contribution >= 4 is 5.78 Å². The zero-order chi connectivity index (χ0) is 6.69. The van der Waals surface area contributed by atoms with Crippen LogP contribution in [0.2, 0.25) is 0 Å². The first kappa shape index (κ1) is 6.53. The number of Topliss-reactive ketones (excluding diaryl/α,β-unsaturated/α-hetero) is 1. The first-order valence-corrected chi connectivity index (χ1v) is 3.52. The number of carbonyl (C=O) groups excluding carboxylic acids is 1.